The van der Waals surface area contributed by atoms with Crippen LogP contribution in [0.4, 0.5) is 0 Å². The van der Waals surface area contributed by atoms with E-state index in [1.54, 1.807) is 0 Å². The molecule has 0 amide bonds. The van der Waals surface area contributed by atoms with E-state index in [4.69, 9.17) is 15.1 Å². The zero-order chi connectivity index (χ0) is 30.1. The van der Waals surface area contributed by atoms with Crippen molar-refractivity contribution in [1.29, 1.82) is 0 Å². The van der Waals surface area contributed by atoms with Gasteiger partial charge in [0, 0.05) is 54.5 Å². The summed E-state index contributed by atoms with van der Waals surface area (Å²) in [5.41, 5.74) is 7.04. The van der Waals surface area contributed by atoms with E-state index >= 15 is 0 Å². The van der Waals surface area contributed by atoms with Crippen molar-refractivity contribution in [3.05, 3.63) is 95.5 Å². The number of carbonyl (C=O) groups excluding carboxylic acids is 1. The molecule has 3 aromatic carbocycles. The van der Waals surface area contributed by atoms with Gasteiger partial charge in [-0.25, -0.2) is 0 Å². The van der Waals surface area contributed by atoms with Gasteiger partial charge in [-0.2, -0.15) is 0 Å². The number of fused-ring (bicyclic) bond motifs is 4. The van der Waals surface area contributed by atoms with Crippen LogP contribution in [0.5, 0.6) is 0 Å². The molecule has 0 saturated heterocycles. The standard InChI is InChI=1S/C32H33N2.C5H8O2.Ir/c1-20-16-23(19-31(2,3)4)25-12-13-26-27(30(25)34-20)14-15-33-29(26)22-17-21-10-8-9-11-24(21)28(18-22)32(5,6)7;1-4(6)3-5(2)7;/h8-16,18H,19H2,1-7H3;3,6H,1-2H3;/q-1;;/b;4-3-;. The number of nitrogens with zero attached hydrogens (tertiary/aromatic N) is 2. The Kier molecular flexibility index (Phi) is 10.1. The summed E-state index contributed by atoms with van der Waals surface area (Å²) < 4.78 is 0. The number of rotatable bonds is 3. The van der Waals surface area contributed by atoms with Gasteiger partial charge in [0.2, 0.25) is 0 Å². The number of allylic oxidation sites excluding steroid dienone is 2. The summed E-state index contributed by atoms with van der Waals surface area (Å²) >= 11 is 0. The van der Waals surface area contributed by atoms with Gasteiger partial charge in [0.1, 0.15) is 0 Å². The van der Waals surface area contributed by atoms with E-state index in [9.17, 15) is 4.79 Å². The average molecular weight is 738 g/mol. The summed E-state index contributed by atoms with van der Waals surface area (Å²) in [6, 6.07) is 23.3. The first-order chi connectivity index (χ1) is 19.1. The molecule has 0 atom stereocenters. The fourth-order valence-corrected chi connectivity index (χ4v) is 5.36. The van der Waals surface area contributed by atoms with Crippen molar-refractivity contribution in [3.63, 3.8) is 0 Å². The van der Waals surface area contributed by atoms with Crippen LogP contribution >= 0.6 is 0 Å². The third kappa shape index (κ3) is 7.70. The van der Waals surface area contributed by atoms with Crippen LogP contribution in [0, 0.1) is 18.4 Å². The Morgan fingerprint density at radius 2 is 1.57 bits per heavy atom. The molecule has 221 valence electrons. The molecule has 1 radical (unpaired) electrons. The fourth-order valence-electron chi connectivity index (χ4n) is 5.36. The quantitative estimate of drug-likeness (QED) is 0.0868. The fraction of sp³-hybridized carbons (Fsp3) is 0.324. The Balaban J connectivity index is 0.000000541. The number of aryl methyl sites for hydroxylation is 1. The molecular formula is C37H41IrN2O2-. The second kappa shape index (κ2) is 12.9. The molecule has 42 heavy (non-hydrogen) atoms. The van der Waals surface area contributed by atoms with Crippen molar-refractivity contribution < 1.29 is 30.0 Å². The first kappa shape index (κ1) is 33.1. The molecule has 0 aliphatic heterocycles. The van der Waals surface area contributed by atoms with Crippen molar-refractivity contribution in [2.45, 2.75) is 74.1 Å². The van der Waals surface area contributed by atoms with E-state index in [-0.39, 0.29) is 42.5 Å². The van der Waals surface area contributed by atoms with E-state index in [0.29, 0.717) is 0 Å². The Bertz CT molecular complexity index is 1790. The van der Waals surface area contributed by atoms with Crippen molar-refractivity contribution >= 4 is 38.2 Å². The number of aliphatic hydroxyl groups excluding tert-OH is 1. The zero-order valence-corrected chi connectivity index (χ0v) is 28.5. The number of ketones is 1. The van der Waals surface area contributed by atoms with Gasteiger partial charge < -0.3 is 5.11 Å². The number of aromatic nitrogens is 2. The minimum absolute atomic E-state index is 0. The molecule has 5 aromatic rings. The van der Waals surface area contributed by atoms with Gasteiger partial charge in [-0.15, -0.1) is 29.1 Å². The third-order valence-corrected chi connectivity index (χ3v) is 6.91. The Labute approximate surface area is 263 Å². The molecule has 5 heteroatoms. The smallest absolute Gasteiger partial charge is 0.155 e. The van der Waals surface area contributed by atoms with Crippen molar-refractivity contribution in [1.82, 2.24) is 9.97 Å². The monoisotopic (exact) mass is 738 g/mol. The number of pyridine rings is 2. The summed E-state index contributed by atoms with van der Waals surface area (Å²) in [6.07, 6.45) is 4.11. The van der Waals surface area contributed by atoms with Crippen molar-refractivity contribution in [2.24, 2.45) is 5.41 Å². The maximum atomic E-state index is 10.0. The predicted octanol–water partition coefficient (Wildman–Crippen LogP) is 9.63. The summed E-state index contributed by atoms with van der Waals surface area (Å²) in [5.74, 6) is -0.0625. The maximum absolute atomic E-state index is 10.0. The average Bonchev–Trinajstić information content (AvgIpc) is 2.85. The zero-order valence-electron chi connectivity index (χ0n) is 26.1. The van der Waals surface area contributed by atoms with Crippen LogP contribution in [0.25, 0.3) is 43.7 Å². The Hall–Kier alpha value is -3.40. The van der Waals surface area contributed by atoms with Gasteiger partial charge in [-0.05, 0) is 61.1 Å². The molecule has 2 heterocycles. The van der Waals surface area contributed by atoms with E-state index in [0.717, 1.165) is 45.0 Å². The van der Waals surface area contributed by atoms with E-state index in [1.807, 2.05) is 6.20 Å². The van der Waals surface area contributed by atoms with Gasteiger partial charge in [0.05, 0.1) is 11.3 Å². The van der Waals surface area contributed by atoms with Crippen LogP contribution in [-0.4, -0.2) is 20.9 Å². The summed E-state index contributed by atoms with van der Waals surface area (Å²) in [6.45, 7) is 18.6. The first-order valence-electron chi connectivity index (χ1n) is 14.2. The van der Waals surface area contributed by atoms with Gasteiger partial charge in [-0.1, -0.05) is 82.8 Å². The summed E-state index contributed by atoms with van der Waals surface area (Å²) in [7, 11) is 0. The minimum Gasteiger partial charge on any atom is -0.512 e. The number of hydrogen-bond acceptors (Lipinski definition) is 4. The molecule has 0 fully saturated rings. The first-order valence-corrected chi connectivity index (χ1v) is 14.2. The van der Waals surface area contributed by atoms with E-state index in [2.05, 4.69) is 109 Å². The van der Waals surface area contributed by atoms with Crippen molar-refractivity contribution in [3.8, 4) is 11.3 Å². The van der Waals surface area contributed by atoms with Crippen LogP contribution in [0.2, 0.25) is 0 Å². The number of hydrogen-bond donors (Lipinski definition) is 1. The number of aliphatic hydroxyl groups is 1. The molecule has 2 aromatic heterocycles. The topological polar surface area (TPSA) is 63.1 Å². The van der Waals surface area contributed by atoms with Crippen LogP contribution in [-0.2, 0) is 36.7 Å². The molecule has 5 rings (SSSR count). The van der Waals surface area contributed by atoms with Gasteiger partial charge in [0.15, 0.2) is 5.78 Å². The minimum atomic E-state index is -0.125. The Morgan fingerprint density at radius 1 is 0.905 bits per heavy atom. The SMILES string of the molecule is CC(=O)/C=C(/C)O.Cc1cc(CC(C)(C)C)c2ccc3c(-c4[c-]c5ccccc5c(C(C)(C)C)c4)nccc3c2n1.[Ir]. The second-order valence-corrected chi connectivity index (χ2v) is 13.2. The third-order valence-electron chi connectivity index (χ3n) is 6.91. The molecule has 0 unspecified atom stereocenters. The molecule has 0 spiro atoms. The summed E-state index contributed by atoms with van der Waals surface area (Å²) in [5, 5.41) is 14.3. The van der Waals surface area contributed by atoms with Gasteiger partial charge in [0.25, 0.3) is 0 Å². The largest absolute Gasteiger partial charge is 0.512 e. The van der Waals surface area contributed by atoms with Crippen LogP contribution in [0.1, 0.15) is 72.2 Å². The van der Waals surface area contributed by atoms with E-state index in [1.165, 1.54) is 41.8 Å². The van der Waals surface area contributed by atoms with Crippen LogP contribution in [0.3, 0.4) is 0 Å². The van der Waals surface area contributed by atoms with Crippen LogP contribution in [0.15, 0.2) is 72.6 Å². The Morgan fingerprint density at radius 3 is 2.17 bits per heavy atom. The summed E-state index contributed by atoms with van der Waals surface area (Å²) in [4.78, 5) is 19.9. The molecular weight excluding hydrogens is 697 g/mol. The van der Waals surface area contributed by atoms with Crippen molar-refractivity contribution in [2.75, 3.05) is 0 Å². The predicted molar refractivity (Wildman–Crippen MR) is 172 cm³/mol. The molecule has 0 aliphatic rings. The molecule has 0 bridgehead atoms. The number of benzene rings is 3. The van der Waals surface area contributed by atoms with Gasteiger partial charge >= 0.3 is 0 Å². The second-order valence-electron chi connectivity index (χ2n) is 13.2. The number of carbonyl (C=O) groups is 1. The normalized spacial score (nSPS) is 12.2. The van der Waals surface area contributed by atoms with Gasteiger partial charge in [-0.3, -0.25) is 14.8 Å². The van der Waals surface area contributed by atoms with E-state index < -0.39 is 0 Å². The molecule has 1 N–H and O–H groups in total. The molecule has 0 aliphatic carbocycles. The molecule has 0 saturated carbocycles. The van der Waals surface area contributed by atoms with Crippen LogP contribution < -0.4 is 0 Å². The molecule has 4 nitrogen and oxygen atoms in total. The maximum Gasteiger partial charge on any atom is 0.155 e.